The van der Waals surface area contributed by atoms with Gasteiger partial charge in [0, 0.05) is 37.6 Å². The number of nitrogens with two attached hydrogens (primary N) is 1. The van der Waals surface area contributed by atoms with Crippen molar-refractivity contribution < 1.29 is 52.6 Å². The van der Waals surface area contributed by atoms with Gasteiger partial charge in [-0.15, -0.1) is 0 Å². The van der Waals surface area contributed by atoms with Gasteiger partial charge in [-0.05, 0) is 77.0 Å². The first-order chi connectivity index (χ1) is 29.0. The molecule has 1 rings (SSSR count). The molecule has 0 radical (unpaired) electrons. The lowest BCUT2D eigenvalue weighted by molar-refractivity contribution is -0.161. The van der Waals surface area contributed by atoms with Crippen molar-refractivity contribution in [3.05, 3.63) is 85.1 Å². The van der Waals surface area contributed by atoms with E-state index >= 15 is 0 Å². The van der Waals surface area contributed by atoms with E-state index < -0.39 is 50.6 Å². The number of esters is 2. The van der Waals surface area contributed by atoms with Crippen LogP contribution in [0.4, 0.5) is 0 Å². The van der Waals surface area contributed by atoms with Crippen molar-refractivity contribution in [1.82, 2.24) is 0 Å². The second kappa shape index (κ2) is 36.4. The number of carbonyl (C=O) groups excluding carboxylic acids is 3. The Labute approximate surface area is 360 Å². The number of Topliss-reactive ketones (excluding diaryl/α,β-unsaturated/α-hetero) is 1. The molecule has 0 aromatic carbocycles. The van der Waals surface area contributed by atoms with Crippen LogP contribution in [0, 0.1) is 11.8 Å². The van der Waals surface area contributed by atoms with Gasteiger partial charge in [0.2, 0.25) is 0 Å². The lowest BCUT2D eigenvalue weighted by atomic mass is 9.90. The summed E-state index contributed by atoms with van der Waals surface area (Å²) in [5, 5.41) is 20.7. The summed E-state index contributed by atoms with van der Waals surface area (Å²) in [7, 11) is -4.46. The maximum atomic E-state index is 12.6. The second-order valence-electron chi connectivity index (χ2n) is 15.0. The number of ketones is 1. The van der Waals surface area contributed by atoms with Crippen molar-refractivity contribution in [2.24, 2.45) is 17.6 Å². The molecule has 0 spiro atoms. The van der Waals surface area contributed by atoms with Crippen LogP contribution in [0.1, 0.15) is 136 Å². The lowest BCUT2D eigenvalue weighted by Gasteiger charge is -2.19. The monoisotopic (exact) mass is 862 g/mol. The summed E-state index contributed by atoms with van der Waals surface area (Å²) in [4.78, 5) is 47.6. The highest BCUT2D eigenvalue weighted by Gasteiger charge is 2.39. The van der Waals surface area contributed by atoms with Crippen molar-refractivity contribution in [3.8, 4) is 0 Å². The molecule has 1 fully saturated rings. The molecule has 1 unspecified atom stereocenters. The molecule has 0 saturated heterocycles. The Hall–Kier alpha value is -3.22. The molecular weight excluding hydrogens is 785 g/mol. The van der Waals surface area contributed by atoms with Crippen molar-refractivity contribution in [3.63, 3.8) is 0 Å². The Bertz CT molecular complexity index is 1420. The molecule has 340 valence electrons. The Morgan fingerprint density at radius 3 is 2.05 bits per heavy atom. The highest BCUT2D eigenvalue weighted by atomic mass is 31.2. The number of hydrogen-bond donors (Lipinski definition) is 4. The van der Waals surface area contributed by atoms with E-state index in [1.165, 1.54) is 0 Å². The molecule has 0 bridgehead atoms. The summed E-state index contributed by atoms with van der Waals surface area (Å²) in [5.41, 5.74) is 5.34. The van der Waals surface area contributed by atoms with Gasteiger partial charge in [0.1, 0.15) is 12.4 Å². The predicted octanol–water partition coefficient (Wildman–Crippen LogP) is 9.42. The number of hydrogen-bond acceptors (Lipinski definition) is 11. The van der Waals surface area contributed by atoms with Gasteiger partial charge in [0.25, 0.3) is 0 Å². The predicted molar refractivity (Wildman–Crippen MR) is 239 cm³/mol. The number of aliphatic hydroxyl groups excluding tert-OH is 2. The molecule has 1 saturated carbocycles. The number of phosphoric acid groups is 1. The average molecular weight is 862 g/mol. The Balaban J connectivity index is 2.42. The summed E-state index contributed by atoms with van der Waals surface area (Å²) in [5.74, 6) is -1.83. The Morgan fingerprint density at radius 1 is 0.783 bits per heavy atom. The minimum Gasteiger partial charge on any atom is -0.462 e. The molecule has 0 aromatic heterocycles. The molecule has 0 aliphatic heterocycles. The third kappa shape index (κ3) is 29.9. The van der Waals surface area contributed by atoms with Gasteiger partial charge in [0.05, 0.1) is 25.4 Å². The Kier molecular flexibility index (Phi) is 33.3. The van der Waals surface area contributed by atoms with E-state index in [-0.39, 0.29) is 50.7 Å². The van der Waals surface area contributed by atoms with E-state index in [9.17, 15) is 34.1 Å². The smallest absolute Gasteiger partial charge is 0.462 e. The summed E-state index contributed by atoms with van der Waals surface area (Å²) in [6.07, 6.45) is 39.8. The SMILES string of the molecule is CC/C=C\C/C=C\C/C=C\C/C=C\C/C=C\CCCCCC(=O)O[C@H](COC(=O)CCC/C=C\C[C@H]1[C@@H](O)CC(=O)[C@@H]1/C=C/[C@@H](O)CCCCC)COP(=O)(O)OCCN. The zero-order valence-electron chi connectivity index (χ0n) is 36.4. The largest absolute Gasteiger partial charge is 0.472 e. The maximum absolute atomic E-state index is 12.6. The quantitative estimate of drug-likeness (QED) is 0.0202. The molecule has 0 heterocycles. The maximum Gasteiger partial charge on any atom is 0.472 e. The average Bonchev–Trinajstić information content (AvgIpc) is 3.49. The van der Waals surface area contributed by atoms with Gasteiger partial charge in [-0.25, -0.2) is 4.57 Å². The fourth-order valence-corrected chi connectivity index (χ4v) is 7.05. The number of carbonyl (C=O) groups is 3. The van der Waals surface area contributed by atoms with Gasteiger partial charge < -0.3 is 30.3 Å². The van der Waals surface area contributed by atoms with E-state index in [1.807, 2.05) is 12.2 Å². The van der Waals surface area contributed by atoms with E-state index in [1.54, 1.807) is 12.2 Å². The summed E-state index contributed by atoms with van der Waals surface area (Å²) in [6, 6.07) is 0. The van der Waals surface area contributed by atoms with Gasteiger partial charge in [-0.2, -0.15) is 0 Å². The highest BCUT2D eigenvalue weighted by molar-refractivity contribution is 7.47. The molecule has 60 heavy (non-hydrogen) atoms. The van der Waals surface area contributed by atoms with E-state index in [0.717, 1.165) is 70.6 Å². The van der Waals surface area contributed by atoms with Gasteiger partial charge in [-0.3, -0.25) is 23.4 Å². The number of unbranched alkanes of at least 4 members (excludes halogenated alkanes) is 6. The minimum absolute atomic E-state index is 0.00450. The van der Waals surface area contributed by atoms with Crippen LogP contribution in [0.2, 0.25) is 0 Å². The highest BCUT2D eigenvalue weighted by Crippen LogP contribution is 2.43. The first-order valence-electron chi connectivity index (χ1n) is 22.2. The Morgan fingerprint density at radius 2 is 1.40 bits per heavy atom. The molecule has 13 heteroatoms. The molecule has 0 amide bonds. The molecule has 5 N–H and O–H groups in total. The third-order valence-electron chi connectivity index (χ3n) is 9.64. The van der Waals surface area contributed by atoms with Crippen molar-refractivity contribution in [2.75, 3.05) is 26.4 Å². The first kappa shape index (κ1) is 54.8. The number of allylic oxidation sites excluding steroid dienone is 13. The fourth-order valence-electron chi connectivity index (χ4n) is 6.29. The van der Waals surface area contributed by atoms with Crippen LogP contribution in [-0.2, 0) is 37.5 Å². The van der Waals surface area contributed by atoms with Crippen LogP contribution in [-0.4, -0.2) is 77.5 Å². The van der Waals surface area contributed by atoms with E-state index in [0.29, 0.717) is 32.1 Å². The van der Waals surface area contributed by atoms with Crippen LogP contribution in [0.15, 0.2) is 85.1 Å². The number of phosphoric ester groups is 1. The number of aliphatic hydroxyl groups is 2. The summed E-state index contributed by atoms with van der Waals surface area (Å²) in [6.45, 7) is 3.14. The minimum atomic E-state index is -4.46. The standard InChI is InChI=1S/C47H76NO11P/c1-3-5-7-8-9-10-11-12-13-14-15-16-17-18-19-20-21-22-28-32-47(53)59-41(39-58-60(54,55)57-36-35-48)38-56-46(52)31-27-24-23-26-30-42-43(45(51)37-44(42)50)34-33-40(49)29-25-6-4-2/h5,7,9-10,12-13,15-16,18-19,23,26,33-34,40-44,49-50H,3-4,6,8,11,14,17,20-22,24-25,27-32,35-39,48H2,1-2H3,(H,54,55)/b7-5-,10-9-,13-12-,16-15-,19-18-,26-23-,34-33+/t40-,41+,42+,43+,44-/m0/s1. The van der Waals surface area contributed by atoms with Crippen LogP contribution >= 0.6 is 7.82 Å². The molecular formula is C47H76NO11P. The fraction of sp³-hybridized carbons (Fsp3) is 0.638. The zero-order valence-corrected chi connectivity index (χ0v) is 37.3. The molecule has 1 aliphatic rings. The van der Waals surface area contributed by atoms with Crippen molar-refractivity contribution in [1.29, 1.82) is 0 Å². The molecule has 12 nitrogen and oxygen atoms in total. The van der Waals surface area contributed by atoms with Crippen LogP contribution < -0.4 is 5.73 Å². The molecule has 1 aliphatic carbocycles. The van der Waals surface area contributed by atoms with Crippen LogP contribution in [0.25, 0.3) is 0 Å². The van der Waals surface area contributed by atoms with Crippen LogP contribution in [0.3, 0.4) is 0 Å². The number of ether oxygens (including phenoxy) is 2. The third-order valence-corrected chi connectivity index (χ3v) is 10.6. The normalized spacial score (nSPS) is 19.6. The van der Waals surface area contributed by atoms with Crippen molar-refractivity contribution in [2.45, 2.75) is 154 Å². The van der Waals surface area contributed by atoms with Gasteiger partial charge in [-0.1, -0.05) is 125 Å². The van der Waals surface area contributed by atoms with E-state index in [2.05, 4.69) is 74.6 Å². The number of rotatable bonds is 36. The molecule has 6 atom stereocenters. The van der Waals surface area contributed by atoms with Gasteiger partial charge in [0.15, 0.2) is 6.10 Å². The topological polar surface area (TPSA) is 192 Å². The lowest BCUT2D eigenvalue weighted by Crippen LogP contribution is -2.29. The first-order valence-corrected chi connectivity index (χ1v) is 23.7. The zero-order chi connectivity index (χ0) is 44.1. The van der Waals surface area contributed by atoms with Gasteiger partial charge >= 0.3 is 19.8 Å². The van der Waals surface area contributed by atoms with E-state index in [4.69, 9.17) is 24.3 Å². The van der Waals surface area contributed by atoms with Crippen molar-refractivity contribution >= 4 is 25.5 Å². The summed E-state index contributed by atoms with van der Waals surface area (Å²) < 4.78 is 32.7. The second-order valence-corrected chi connectivity index (χ2v) is 16.4. The summed E-state index contributed by atoms with van der Waals surface area (Å²) >= 11 is 0. The molecule has 0 aromatic rings. The van der Waals surface area contributed by atoms with Crippen LogP contribution in [0.5, 0.6) is 0 Å².